The second-order valence-electron chi connectivity index (χ2n) is 5.28. The predicted octanol–water partition coefficient (Wildman–Crippen LogP) is -0.695. The minimum absolute atomic E-state index is 0.206. The fraction of sp³-hybridized carbons (Fsp3) is 0.667. The zero-order valence-electron chi connectivity index (χ0n) is 11.7. The van der Waals surface area contributed by atoms with Crippen LogP contribution in [0.25, 0.3) is 0 Å². The molecule has 1 amide bonds. The molecule has 6 nitrogen and oxygen atoms in total. The number of carbonyl (C=O) groups is 1. The zero-order valence-corrected chi connectivity index (χ0v) is 12.5. The molecule has 0 aliphatic carbocycles. The van der Waals surface area contributed by atoms with Crippen LogP contribution in [0.1, 0.15) is 6.42 Å². The van der Waals surface area contributed by atoms with Crippen LogP contribution in [0, 0.1) is 0 Å². The molecule has 0 aromatic rings. The van der Waals surface area contributed by atoms with Crippen molar-refractivity contribution in [3.63, 3.8) is 0 Å². The van der Waals surface area contributed by atoms with Gasteiger partial charge in [-0.05, 0) is 11.9 Å². The van der Waals surface area contributed by atoms with Crippen molar-refractivity contribution in [3.05, 3.63) is 12.7 Å². The van der Waals surface area contributed by atoms with Gasteiger partial charge in [0.1, 0.15) is 12.6 Å². The number of likely N-dealkylation sites (N-methyl/N-ethyl adjacent to an activating group) is 1. The van der Waals surface area contributed by atoms with Gasteiger partial charge in [-0.1, -0.05) is 6.58 Å². The van der Waals surface area contributed by atoms with Crippen molar-refractivity contribution in [2.24, 2.45) is 0 Å². The van der Waals surface area contributed by atoms with Gasteiger partial charge in [-0.25, -0.2) is 4.21 Å². The standard InChI is InChI=1S/C12H24N2O4S/c1-5-12(16)13-7-6-8-14(2,3)9-11(15)10-19(4,17)18/h5,11,15H,1,4,6-10H2,2-3H3,(H-,13,16,17,18)/p+1. The molecule has 0 rings (SSSR count). The topological polar surface area (TPSA) is 86.6 Å². The van der Waals surface area contributed by atoms with Crippen LogP contribution in [0.4, 0.5) is 0 Å². The fourth-order valence-electron chi connectivity index (χ4n) is 1.81. The van der Waals surface area contributed by atoms with Gasteiger partial charge in [0.15, 0.2) is 0 Å². The average Bonchev–Trinajstić information content (AvgIpc) is 2.20. The molecule has 0 aromatic heterocycles. The Labute approximate surface area is 115 Å². The first kappa shape index (κ1) is 18.1. The van der Waals surface area contributed by atoms with Gasteiger partial charge >= 0.3 is 0 Å². The smallest absolute Gasteiger partial charge is 0.243 e. The number of hydrogen-bond acceptors (Lipinski definition) is 3. The van der Waals surface area contributed by atoms with Crippen LogP contribution in [0.2, 0.25) is 0 Å². The molecule has 2 atom stereocenters. The summed E-state index contributed by atoms with van der Waals surface area (Å²) in [6, 6.07) is 0. The Morgan fingerprint density at radius 1 is 1.53 bits per heavy atom. The minimum Gasteiger partial charge on any atom is -0.386 e. The van der Waals surface area contributed by atoms with Crippen LogP contribution in [-0.2, 0) is 14.6 Å². The molecule has 0 radical (unpaired) electrons. The lowest BCUT2D eigenvalue weighted by Crippen LogP contribution is -2.48. The number of aliphatic hydroxyl groups excluding tert-OH is 1. The quantitative estimate of drug-likeness (QED) is 0.227. The third-order valence-electron chi connectivity index (χ3n) is 2.58. The second-order valence-corrected chi connectivity index (χ2v) is 7.16. The van der Waals surface area contributed by atoms with Crippen LogP contribution >= 0.6 is 0 Å². The molecule has 19 heavy (non-hydrogen) atoms. The summed E-state index contributed by atoms with van der Waals surface area (Å²) in [4.78, 5) is 10.9. The maximum atomic E-state index is 11.1. The van der Waals surface area contributed by atoms with Gasteiger partial charge in [0, 0.05) is 13.0 Å². The Morgan fingerprint density at radius 3 is 2.58 bits per heavy atom. The number of hydrogen-bond donors (Lipinski definition) is 3. The van der Waals surface area contributed by atoms with E-state index in [2.05, 4.69) is 17.8 Å². The van der Waals surface area contributed by atoms with Gasteiger partial charge in [-0.2, -0.15) is 0 Å². The predicted molar refractivity (Wildman–Crippen MR) is 78.4 cm³/mol. The third kappa shape index (κ3) is 10.7. The minimum atomic E-state index is -3.16. The Balaban J connectivity index is 4.04. The van der Waals surface area contributed by atoms with Gasteiger partial charge < -0.3 is 19.5 Å². The molecule has 3 N–H and O–H groups in total. The van der Waals surface area contributed by atoms with Gasteiger partial charge in [-0.3, -0.25) is 4.79 Å². The van der Waals surface area contributed by atoms with Crippen molar-refractivity contribution in [2.45, 2.75) is 12.5 Å². The molecule has 0 spiro atoms. The number of aliphatic hydroxyl groups is 1. The van der Waals surface area contributed by atoms with Crippen LogP contribution in [0.15, 0.2) is 12.7 Å². The molecule has 0 bridgehead atoms. The lowest BCUT2D eigenvalue weighted by molar-refractivity contribution is -0.893. The first-order valence-corrected chi connectivity index (χ1v) is 7.89. The molecule has 0 saturated carbocycles. The van der Waals surface area contributed by atoms with Crippen LogP contribution in [0.3, 0.4) is 0 Å². The highest BCUT2D eigenvalue weighted by Gasteiger charge is 2.22. The van der Waals surface area contributed by atoms with Crippen LogP contribution in [-0.4, -0.2) is 75.7 Å². The van der Waals surface area contributed by atoms with E-state index < -0.39 is 15.9 Å². The van der Waals surface area contributed by atoms with Gasteiger partial charge in [0.2, 0.25) is 5.91 Å². The Morgan fingerprint density at radius 2 is 2.11 bits per heavy atom. The summed E-state index contributed by atoms with van der Waals surface area (Å²) in [5.74, 6) is 2.68. The molecule has 2 unspecified atom stereocenters. The molecular formula is C12H25N2O4S+. The van der Waals surface area contributed by atoms with E-state index in [4.69, 9.17) is 4.55 Å². The summed E-state index contributed by atoms with van der Waals surface area (Å²) in [7, 11) is 0.671. The third-order valence-corrected chi connectivity index (χ3v) is 3.49. The highest BCUT2D eigenvalue weighted by molar-refractivity contribution is 7.95. The average molecular weight is 293 g/mol. The molecule has 0 aromatic carbocycles. The Hall–Kier alpha value is -0.890. The Kier molecular flexibility index (Phi) is 7.28. The molecule has 7 heteroatoms. The molecule has 0 saturated heterocycles. The number of nitrogens with one attached hydrogen (secondary N) is 1. The van der Waals surface area contributed by atoms with E-state index in [1.165, 1.54) is 6.08 Å². The number of quaternary nitrogens is 1. The number of nitrogens with zero attached hydrogens (tertiary/aromatic N) is 1. The monoisotopic (exact) mass is 293 g/mol. The van der Waals surface area contributed by atoms with E-state index >= 15 is 0 Å². The van der Waals surface area contributed by atoms with E-state index in [1.807, 2.05) is 14.1 Å². The van der Waals surface area contributed by atoms with Gasteiger partial charge in [0.25, 0.3) is 0 Å². The number of amides is 1. The van der Waals surface area contributed by atoms with Crippen LogP contribution in [0.5, 0.6) is 0 Å². The lowest BCUT2D eigenvalue weighted by Gasteiger charge is -2.31. The molecular weight excluding hydrogens is 268 g/mol. The largest absolute Gasteiger partial charge is 0.386 e. The summed E-state index contributed by atoms with van der Waals surface area (Å²) in [5, 5.41) is 12.4. The van der Waals surface area contributed by atoms with Crippen molar-refractivity contribution in [1.82, 2.24) is 5.32 Å². The van der Waals surface area contributed by atoms with Crippen molar-refractivity contribution < 1.29 is 23.1 Å². The van der Waals surface area contributed by atoms with E-state index in [0.29, 0.717) is 17.6 Å². The van der Waals surface area contributed by atoms with Crippen molar-refractivity contribution >= 4 is 21.6 Å². The maximum absolute atomic E-state index is 11.1. The first-order valence-electron chi connectivity index (χ1n) is 6.03. The SMILES string of the molecule is C=CC(=O)NCCC[N+](C)(C)CC(O)CS(=C)(=O)O. The van der Waals surface area contributed by atoms with E-state index in [0.717, 1.165) is 13.0 Å². The Bertz CT molecular complexity index is 404. The summed E-state index contributed by atoms with van der Waals surface area (Å²) >= 11 is 0. The zero-order chi connectivity index (χ0) is 15.1. The van der Waals surface area contributed by atoms with Gasteiger partial charge in [-0.15, -0.1) is 0 Å². The summed E-state index contributed by atoms with van der Waals surface area (Å²) in [6.07, 6.45) is 1.10. The first-order chi connectivity index (χ1) is 8.56. The van der Waals surface area contributed by atoms with Gasteiger partial charge in [0.05, 0.1) is 36.2 Å². The van der Waals surface area contributed by atoms with E-state index in [1.54, 1.807) is 0 Å². The normalized spacial score (nSPS) is 16.4. The van der Waals surface area contributed by atoms with E-state index in [-0.39, 0.29) is 11.7 Å². The van der Waals surface area contributed by atoms with Crippen molar-refractivity contribution in [2.75, 3.05) is 39.5 Å². The molecule has 0 heterocycles. The number of rotatable bonds is 9. The molecule has 0 aliphatic heterocycles. The summed E-state index contributed by atoms with van der Waals surface area (Å²) in [6.45, 7) is 4.99. The summed E-state index contributed by atoms with van der Waals surface area (Å²) < 4.78 is 20.7. The van der Waals surface area contributed by atoms with E-state index in [9.17, 15) is 14.1 Å². The second kappa shape index (κ2) is 7.64. The van der Waals surface area contributed by atoms with Crippen molar-refractivity contribution in [1.29, 1.82) is 0 Å². The number of carbonyl (C=O) groups excluding carboxylic acids is 1. The highest BCUT2D eigenvalue weighted by atomic mass is 32.2. The molecule has 0 fully saturated rings. The molecule has 0 aliphatic rings. The van der Waals surface area contributed by atoms with Crippen molar-refractivity contribution in [3.8, 4) is 0 Å². The summed E-state index contributed by atoms with van der Waals surface area (Å²) in [5.41, 5.74) is 0. The molecule has 112 valence electrons. The highest BCUT2D eigenvalue weighted by Crippen LogP contribution is 2.03. The van der Waals surface area contributed by atoms with Crippen LogP contribution < -0.4 is 5.32 Å². The maximum Gasteiger partial charge on any atom is 0.243 e. The lowest BCUT2D eigenvalue weighted by atomic mass is 10.3. The fourth-order valence-corrected chi connectivity index (χ4v) is 2.51.